The second kappa shape index (κ2) is 12.7. The third-order valence-electron chi connectivity index (χ3n) is 5.95. The maximum absolute atomic E-state index is 12.1. The Kier molecular flexibility index (Phi) is 9.06. The molecule has 9 nitrogen and oxygen atoms in total. The SMILES string of the molecule is CCOC(=O)Cc1ccc(CN)cc1OCc1cc(-c2ccnc(CNC(=O)OC(C)(C)C)c2)c2occc2c1. The number of furan rings is 1. The molecule has 4 rings (SSSR count). The minimum Gasteiger partial charge on any atom is -0.489 e. The van der Waals surface area contributed by atoms with Crippen molar-refractivity contribution in [2.45, 2.75) is 59.4 Å². The zero-order chi connectivity index (χ0) is 28.7. The van der Waals surface area contributed by atoms with E-state index in [1.165, 1.54) is 0 Å². The van der Waals surface area contributed by atoms with Crippen molar-refractivity contribution in [3.63, 3.8) is 0 Å². The minimum atomic E-state index is -0.585. The Hall–Kier alpha value is -4.37. The molecule has 0 spiro atoms. The first kappa shape index (κ1) is 28.6. The number of pyridine rings is 1. The molecule has 0 saturated heterocycles. The number of nitrogens with zero attached hydrogens (tertiary/aromatic N) is 1. The number of nitrogens with one attached hydrogen (secondary N) is 1. The number of nitrogens with two attached hydrogens (primary N) is 1. The molecule has 3 N–H and O–H groups in total. The fourth-order valence-corrected chi connectivity index (χ4v) is 4.20. The lowest BCUT2D eigenvalue weighted by molar-refractivity contribution is -0.142. The highest BCUT2D eigenvalue weighted by molar-refractivity contribution is 5.93. The highest BCUT2D eigenvalue weighted by Crippen LogP contribution is 2.32. The van der Waals surface area contributed by atoms with Crippen LogP contribution in [-0.2, 0) is 40.4 Å². The second-order valence-electron chi connectivity index (χ2n) is 10.3. The number of hydrogen-bond acceptors (Lipinski definition) is 8. The van der Waals surface area contributed by atoms with E-state index in [4.69, 9.17) is 24.4 Å². The predicted molar refractivity (Wildman–Crippen MR) is 152 cm³/mol. The summed E-state index contributed by atoms with van der Waals surface area (Å²) in [6, 6.07) is 15.3. The number of aromatic nitrogens is 1. The zero-order valence-corrected chi connectivity index (χ0v) is 23.3. The molecule has 0 unspecified atom stereocenters. The number of esters is 1. The predicted octanol–water partition coefficient (Wildman–Crippen LogP) is 5.66. The van der Waals surface area contributed by atoms with E-state index >= 15 is 0 Å². The van der Waals surface area contributed by atoms with Crippen molar-refractivity contribution in [2.75, 3.05) is 6.61 Å². The van der Waals surface area contributed by atoms with Gasteiger partial charge in [0.25, 0.3) is 0 Å². The molecule has 0 aliphatic rings. The molecule has 4 aromatic rings. The van der Waals surface area contributed by atoms with Gasteiger partial charge < -0.3 is 29.7 Å². The number of carbonyl (C=O) groups excluding carboxylic acids is 2. The molecule has 9 heteroatoms. The second-order valence-corrected chi connectivity index (χ2v) is 10.3. The first-order valence-corrected chi connectivity index (χ1v) is 13.2. The van der Waals surface area contributed by atoms with Gasteiger partial charge in [0.15, 0.2) is 0 Å². The van der Waals surface area contributed by atoms with Gasteiger partial charge in [-0.05, 0) is 80.8 Å². The van der Waals surface area contributed by atoms with Gasteiger partial charge >= 0.3 is 12.1 Å². The number of ether oxygens (including phenoxy) is 3. The lowest BCUT2D eigenvalue weighted by Crippen LogP contribution is -2.32. The maximum atomic E-state index is 12.1. The van der Waals surface area contributed by atoms with Gasteiger partial charge in [0.1, 0.15) is 23.5 Å². The number of benzene rings is 2. The Bertz CT molecular complexity index is 1490. The third-order valence-corrected chi connectivity index (χ3v) is 5.95. The fourth-order valence-electron chi connectivity index (χ4n) is 4.20. The monoisotopic (exact) mass is 545 g/mol. The number of hydrogen-bond donors (Lipinski definition) is 2. The van der Waals surface area contributed by atoms with Crippen molar-refractivity contribution < 1.29 is 28.2 Å². The number of fused-ring (bicyclic) bond motifs is 1. The van der Waals surface area contributed by atoms with E-state index in [-0.39, 0.29) is 25.5 Å². The van der Waals surface area contributed by atoms with E-state index in [0.717, 1.165) is 38.8 Å². The van der Waals surface area contributed by atoms with Gasteiger partial charge in [-0.3, -0.25) is 9.78 Å². The quantitative estimate of drug-likeness (QED) is 0.244. The molecule has 2 aromatic carbocycles. The van der Waals surface area contributed by atoms with Crippen LogP contribution in [0.5, 0.6) is 5.75 Å². The lowest BCUT2D eigenvalue weighted by Gasteiger charge is -2.19. The summed E-state index contributed by atoms with van der Waals surface area (Å²) in [5.74, 6) is 0.272. The molecule has 0 fully saturated rings. The summed E-state index contributed by atoms with van der Waals surface area (Å²) in [4.78, 5) is 28.6. The first-order chi connectivity index (χ1) is 19.1. The van der Waals surface area contributed by atoms with Crippen LogP contribution in [0.25, 0.3) is 22.1 Å². The fraction of sp³-hybridized carbons (Fsp3) is 0.323. The summed E-state index contributed by atoms with van der Waals surface area (Å²) < 4.78 is 22.5. The number of alkyl carbamates (subject to hydrolysis) is 1. The number of carbonyl (C=O) groups is 2. The Labute approximate surface area is 233 Å². The van der Waals surface area contributed by atoms with Crippen molar-refractivity contribution in [1.29, 1.82) is 0 Å². The van der Waals surface area contributed by atoms with Gasteiger partial charge in [-0.2, -0.15) is 0 Å². The molecule has 0 aliphatic carbocycles. The maximum Gasteiger partial charge on any atom is 0.407 e. The summed E-state index contributed by atoms with van der Waals surface area (Å²) in [7, 11) is 0. The van der Waals surface area contributed by atoms with Crippen LogP contribution in [0.4, 0.5) is 4.79 Å². The Morgan fingerprint density at radius 3 is 2.62 bits per heavy atom. The molecular weight excluding hydrogens is 510 g/mol. The lowest BCUT2D eigenvalue weighted by atomic mass is 10.0. The first-order valence-electron chi connectivity index (χ1n) is 13.2. The van der Waals surface area contributed by atoms with Crippen molar-refractivity contribution in [3.05, 3.63) is 83.4 Å². The van der Waals surface area contributed by atoms with Gasteiger partial charge in [-0.25, -0.2) is 4.79 Å². The normalized spacial score (nSPS) is 11.3. The van der Waals surface area contributed by atoms with Crippen molar-refractivity contribution in [2.24, 2.45) is 5.73 Å². The molecule has 2 aromatic heterocycles. The third kappa shape index (κ3) is 7.60. The molecule has 40 heavy (non-hydrogen) atoms. The van der Waals surface area contributed by atoms with E-state index in [1.54, 1.807) is 19.4 Å². The van der Waals surface area contributed by atoms with Crippen LogP contribution in [0.2, 0.25) is 0 Å². The van der Waals surface area contributed by atoms with E-state index in [1.807, 2.05) is 69.3 Å². The molecule has 1 amide bonds. The smallest absolute Gasteiger partial charge is 0.407 e. The Morgan fingerprint density at radius 1 is 1.05 bits per heavy atom. The largest absolute Gasteiger partial charge is 0.489 e. The van der Waals surface area contributed by atoms with Crippen LogP contribution >= 0.6 is 0 Å². The van der Waals surface area contributed by atoms with E-state index < -0.39 is 11.7 Å². The molecule has 2 heterocycles. The average Bonchev–Trinajstić information content (AvgIpc) is 3.39. The molecule has 0 saturated carbocycles. The highest BCUT2D eigenvalue weighted by Gasteiger charge is 2.17. The van der Waals surface area contributed by atoms with Gasteiger partial charge in [0.05, 0.1) is 31.5 Å². The molecule has 0 bridgehead atoms. The van der Waals surface area contributed by atoms with Crippen molar-refractivity contribution in [1.82, 2.24) is 10.3 Å². The van der Waals surface area contributed by atoms with Gasteiger partial charge in [0, 0.05) is 29.3 Å². The van der Waals surface area contributed by atoms with Crippen LogP contribution in [0.15, 0.2) is 65.4 Å². The van der Waals surface area contributed by atoms with Gasteiger partial charge in [0.2, 0.25) is 0 Å². The standard InChI is InChI=1S/C31H35N3O6/c1-5-37-28(35)16-23-7-6-20(17-32)14-27(23)39-19-21-12-24-9-11-38-29(24)26(13-21)22-8-10-33-25(15-22)18-34-30(36)40-31(2,3)4/h6-15H,5,16-19,32H2,1-4H3,(H,34,36). The van der Waals surface area contributed by atoms with Crippen LogP contribution in [0.3, 0.4) is 0 Å². The van der Waals surface area contributed by atoms with Crippen LogP contribution in [0.1, 0.15) is 50.1 Å². The summed E-state index contributed by atoms with van der Waals surface area (Å²) in [6.07, 6.45) is 2.94. The summed E-state index contributed by atoms with van der Waals surface area (Å²) >= 11 is 0. The summed E-state index contributed by atoms with van der Waals surface area (Å²) in [6.45, 7) is 8.36. The van der Waals surface area contributed by atoms with Gasteiger partial charge in [-0.1, -0.05) is 12.1 Å². The van der Waals surface area contributed by atoms with Crippen LogP contribution in [-0.4, -0.2) is 29.3 Å². The topological polar surface area (TPSA) is 126 Å². The average molecular weight is 546 g/mol. The van der Waals surface area contributed by atoms with Crippen LogP contribution < -0.4 is 15.8 Å². The van der Waals surface area contributed by atoms with Crippen molar-refractivity contribution >= 4 is 23.0 Å². The van der Waals surface area contributed by atoms with Crippen LogP contribution in [0, 0.1) is 0 Å². The number of amides is 1. The van der Waals surface area contributed by atoms with E-state index in [9.17, 15) is 9.59 Å². The Morgan fingerprint density at radius 2 is 1.88 bits per heavy atom. The van der Waals surface area contributed by atoms with Crippen molar-refractivity contribution in [3.8, 4) is 16.9 Å². The Balaban J connectivity index is 1.57. The summed E-state index contributed by atoms with van der Waals surface area (Å²) in [5.41, 5.74) is 11.0. The molecule has 0 atom stereocenters. The number of rotatable bonds is 10. The molecule has 210 valence electrons. The minimum absolute atomic E-state index is 0.108. The highest BCUT2D eigenvalue weighted by atomic mass is 16.6. The van der Waals surface area contributed by atoms with E-state index in [2.05, 4.69) is 10.3 Å². The summed E-state index contributed by atoms with van der Waals surface area (Å²) in [5, 5.41) is 3.66. The zero-order valence-electron chi connectivity index (χ0n) is 23.3. The molecule has 0 aliphatic heterocycles. The molecular formula is C31H35N3O6. The van der Waals surface area contributed by atoms with E-state index in [0.29, 0.717) is 24.6 Å². The molecule has 0 radical (unpaired) electrons. The van der Waals surface area contributed by atoms with Gasteiger partial charge in [-0.15, -0.1) is 0 Å².